The fourth-order valence-electron chi connectivity index (χ4n) is 2.67. The molecule has 0 fully saturated rings. The highest BCUT2D eigenvalue weighted by Gasteiger charge is 2.31. The molecule has 0 bridgehead atoms. The van der Waals surface area contributed by atoms with Gasteiger partial charge >= 0.3 is 0 Å². The molecule has 0 spiro atoms. The van der Waals surface area contributed by atoms with Crippen LogP contribution < -0.4 is 19.1 Å². The molecule has 0 saturated carbocycles. The summed E-state index contributed by atoms with van der Waals surface area (Å²) in [6.07, 6.45) is 1.06. The number of benzene rings is 2. The van der Waals surface area contributed by atoms with Crippen molar-refractivity contribution in [3.63, 3.8) is 0 Å². The molecule has 0 radical (unpaired) electrons. The number of nitrogens with zero attached hydrogens (tertiary/aromatic N) is 1. The van der Waals surface area contributed by atoms with Crippen LogP contribution in [0.25, 0.3) is 0 Å². The van der Waals surface area contributed by atoms with Crippen LogP contribution in [-0.4, -0.2) is 40.8 Å². The molecule has 0 unspecified atom stereocenters. The summed E-state index contributed by atoms with van der Waals surface area (Å²) in [5.74, 6) is 0.563. The van der Waals surface area contributed by atoms with Gasteiger partial charge in [-0.1, -0.05) is 6.07 Å². The molecule has 8 heteroatoms. The van der Waals surface area contributed by atoms with Crippen LogP contribution in [0.15, 0.2) is 42.5 Å². The molecule has 146 valence electrons. The molecule has 2 aromatic carbocycles. The second-order valence-electron chi connectivity index (χ2n) is 6.13. The summed E-state index contributed by atoms with van der Waals surface area (Å²) in [5, 5.41) is 2.73. The predicted octanol–water partition coefficient (Wildman–Crippen LogP) is 2.81. The van der Waals surface area contributed by atoms with Crippen LogP contribution >= 0.6 is 0 Å². The third-order valence-corrected chi connectivity index (χ3v) is 5.25. The number of nitrogens with one attached hydrogen (secondary N) is 1. The van der Waals surface area contributed by atoms with Gasteiger partial charge in [0.15, 0.2) is 0 Å². The molecule has 1 N–H and O–H groups in total. The van der Waals surface area contributed by atoms with Crippen molar-refractivity contribution in [3.8, 4) is 11.5 Å². The van der Waals surface area contributed by atoms with Crippen molar-refractivity contribution < 1.29 is 22.7 Å². The van der Waals surface area contributed by atoms with E-state index in [4.69, 9.17) is 9.47 Å². The number of carbonyl (C=O) groups is 1. The van der Waals surface area contributed by atoms with E-state index in [1.54, 1.807) is 43.5 Å². The van der Waals surface area contributed by atoms with Crippen molar-refractivity contribution in [1.29, 1.82) is 0 Å². The Morgan fingerprint density at radius 3 is 2.22 bits per heavy atom. The number of anilines is 2. The Morgan fingerprint density at radius 2 is 1.70 bits per heavy atom. The zero-order chi connectivity index (χ0) is 20.2. The Labute approximate surface area is 160 Å². The fourth-order valence-corrected chi connectivity index (χ4v) is 3.84. The van der Waals surface area contributed by atoms with Crippen molar-refractivity contribution in [3.05, 3.63) is 48.0 Å². The van der Waals surface area contributed by atoms with Gasteiger partial charge in [-0.3, -0.25) is 9.10 Å². The van der Waals surface area contributed by atoms with E-state index in [0.717, 1.165) is 16.1 Å². The van der Waals surface area contributed by atoms with Crippen LogP contribution in [0.2, 0.25) is 0 Å². The van der Waals surface area contributed by atoms with Crippen molar-refractivity contribution >= 4 is 27.3 Å². The molecule has 1 atom stereocenters. The van der Waals surface area contributed by atoms with Gasteiger partial charge in [0.05, 0.1) is 26.2 Å². The first-order chi connectivity index (χ1) is 12.7. The minimum atomic E-state index is -3.74. The van der Waals surface area contributed by atoms with Gasteiger partial charge in [-0.15, -0.1) is 0 Å². The average Bonchev–Trinajstić information content (AvgIpc) is 2.61. The molecule has 7 nitrogen and oxygen atoms in total. The van der Waals surface area contributed by atoms with E-state index >= 15 is 0 Å². The van der Waals surface area contributed by atoms with E-state index in [1.165, 1.54) is 14.0 Å². The SMILES string of the molecule is COc1ccc(NC(=O)[C@H](C)N(c2cc(C)ccc2OC)S(C)(=O)=O)cc1. The van der Waals surface area contributed by atoms with E-state index < -0.39 is 22.0 Å². The average molecular weight is 392 g/mol. The van der Waals surface area contributed by atoms with Gasteiger partial charge in [0, 0.05) is 5.69 Å². The van der Waals surface area contributed by atoms with E-state index in [9.17, 15) is 13.2 Å². The molecule has 0 aliphatic heterocycles. The third kappa shape index (κ3) is 4.91. The Hall–Kier alpha value is -2.74. The zero-order valence-corrected chi connectivity index (χ0v) is 16.8. The normalized spacial score (nSPS) is 12.2. The summed E-state index contributed by atoms with van der Waals surface area (Å²) in [7, 11) is -0.736. The monoisotopic (exact) mass is 392 g/mol. The number of aryl methyl sites for hydroxylation is 1. The maximum Gasteiger partial charge on any atom is 0.247 e. The Bertz CT molecular complexity index is 910. The first-order valence-corrected chi connectivity index (χ1v) is 10.1. The Morgan fingerprint density at radius 1 is 1.07 bits per heavy atom. The van der Waals surface area contributed by atoms with Gasteiger partial charge in [0.25, 0.3) is 0 Å². The quantitative estimate of drug-likeness (QED) is 0.783. The summed E-state index contributed by atoms with van der Waals surface area (Å²) in [5.41, 5.74) is 1.71. The summed E-state index contributed by atoms with van der Waals surface area (Å²) < 4.78 is 36.4. The number of sulfonamides is 1. The van der Waals surface area contributed by atoms with E-state index in [-0.39, 0.29) is 0 Å². The maximum atomic E-state index is 12.7. The smallest absolute Gasteiger partial charge is 0.247 e. The minimum absolute atomic E-state index is 0.317. The fraction of sp³-hybridized carbons (Fsp3) is 0.316. The van der Waals surface area contributed by atoms with Crippen LogP contribution in [0.5, 0.6) is 11.5 Å². The zero-order valence-electron chi connectivity index (χ0n) is 16.0. The number of carbonyl (C=O) groups excluding carboxylic acids is 1. The number of rotatable bonds is 7. The van der Waals surface area contributed by atoms with Gasteiger partial charge < -0.3 is 14.8 Å². The molecule has 27 heavy (non-hydrogen) atoms. The van der Waals surface area contributed by atoms with E-state index in [2.05, 4.69) is 5.32 Å². The van der Waals surface area contributed by atoms with E-state index in [1.807, 2.05) is 13.0 Å². The predicted molar refractivity (Wildman–Crippen MR) is 106 cm³/mol. The first-order valence-electron chi connectivity index (χ1n) is 8.26. The third-order valence-electron chi connectivity index (χ3n) is 4.02. The summed E-state index contributed by atoms with van der Waals surface area (Å²) in [6.45, 7) is 3.37. The number of amides is 1. The van der Waals surface area contributed by atoms with Crippen molar-refractivity contribution in [2.24, 2.45) is 0 Å². The standard InChI is InChI=1S/C19H24N2O5S/c1-13-6-11-18(26-4)17(12-13)21(27(5,23)24)14(2)19(22)20-15-7-9-16(25-3)10-8-15/h6-12,14H,1-5H3,(H,20,22)/t14-/m0/s1. The van der Waals surface area contributed by atoms with Crippen LogP contribution in [0.4, 0.5) is 11.4 Å². The molecular weight excluding hydrogens is 368 g/mol. The van der Waals surface area contributed by atoms with Crippen LogP contribution in [-0.2, 0) is 14.8 Å². The largest absolute Gasteiger partial charge is 0.497 e. The van der Waals surface area contributed by atoms with E-state index in [0.29, 0.717) is 22.9 Å². The number of methoxy groups -OCH3 is 2. The molecule has 0 aliphatic rings. The molecule has 0 heterocycles. The van der Waals surface area contributed by atoms with Crippen LogP contribution in [0, 0.1) is 6.92 Å². The molecule has 0 aromatic heterocycles. The minimum Gasteiger partial charge on any atom is -0.497 e. The summed E-state index contributed by atoms with van der Waals surface area (Å²) >= 11 is 0. The second kappa shape index (κ2) is 8.30. The lowest BCUT2D eigenvalue weighted by Crippen LogP contribution is -2.45. The number of ether oxygens (including phenoxy) is 2. The Kier molecular flexibility index (Phi) is 6.32. The van der Waals surface area contributed by atoms with Crippen molar-refractivity contribution in [2.45, 2.75) is 19.9 Å². The second-order valence-corrected chi connectivity index (χ2v) is 7.99. The topological polar surface area (TPSA) is 84.9 Å². The maximum absolute atomic E-state index is 12.7. The highest BCUT2D eigenvalue weighted by Crippen LogP contribution is 2.32. The highest BCUT2D eigenvalue weighted by atomic mass is 32.2. The summed E-state index contributed by atoms with van der Waals surface area (Å²) in [4.78, 5) is 12.7. The lowest BCUT2D eigenvalue weighted by atomic mass is 10.2. The highest BCUT2D eigenvalue weighted by molar-refractivity contribution is 7.92. The number of hydrogen-bond donors (Lipinski definition) is 1. The number of hydrogen-bond acceptors (Lipinski definition) is 5. The van der Waals surface area contributed by atoms with Gasteiger partial charge in [0.1, 0.15) is 17.5 Å². The Balaban J connectivity index is 2.36. The lowest BCUT2D eigenvalue weighted by Gasteiger charge is -2.29. The molecule has 2 rings (SSSR count). The van der Waals surface area contributed by atoms with Gasteiger partial charge in [-0.05, 0) is 55.8 Å². The van der Waals surface area contributed by atoms with Gasteiger partial charge in [-0.2, -0.15) is 0 Å². The molecule has 2 aromatic rings. The molecular formula is C19H24N2O5S. The van der Waals surface area contributed by atoms with Crippen molar-refractivity contribution in [2.75, 3.05) is 30.1 Å². The van der Waals surface area contributed by atoms with Gasteiger partial charge in [-0.25, -0.2) is 8.42 Å². The molecule has 1 amide bonds. The van der Waals surface area contributed by atoms with Gasteiger partial charge in [0.2, 0.25) is 15.9 Å². The van der Waals surface area contributed by atoms with Crippen LogP contribution in [0.1, 0.15) is 12.5 Å². The summed E-state index contributed by atoms with van der Waals surface area (Å²) in [6, 6.07) is 11.0. The van der Waals surface area contributed by atoms with Crippen LogP contribution in [0.3, 0.4) is 0 Å². The molecule has 0 saturated heterocycles. The van der Waals surface area contributed by atoms with Crippen molar-refractivity contribution in [1.82, 2.24) is 0 Å². The lowest BCUT2D eigenvalue weighted by molar-refractivity contribution is -0.116. The first kappa shape index (κ1) is 20.6. The molecule has 0 aliphatic carbocycles.